The van der Waals surface area contributed by atoms with Crippen LogP contribution in [0.4, 0.5) is 0 Å². The van der Waals surface area contributed by atoms with Crippen LogP contribution in [0.3, 0.4) is 0 Å². The highest BCUT2D eigenvalue weighted by Crippen LogP contribution is 2.14. The first-order chi connectivity index (χ1) is 9.75. The van der Waals surface area contributed by atoms with Crippen molar-refractivity contribution in [3.8, 4) is 0 Å². The van der Waals surface area contributed by atoms with Gasteiger partial charge in [0, 0.05) is 13.1 Å². The van der Waals surface area contributed by atoms with Gasteiger partial charge in [-0.3, -0.25) is 14.4 Å². The third-order valence-electron chi connectivity index (χ3n) is 3.64. The average molecular weight is 298 g/mol. The van der Waals surface area contributed by atoms with Crippen molar-refractivity contribution in [2.75, 3.05) is 19.6 Å². The first-order valence-corrected chi connectivity index (χ1v) is 7.36. The van der Waals surface area contributed by atoms with Crippen LogP contribution in [0.25, 0.3) is 0 Å². The number of nitrogens with one attached hydrogen (secondary N) is 2. The molecule has 0 radical (unpaired) electrons. The molecule has 0 spiro atoms. The molecule has 1 heterocycles. The summed E-state index contributed by atoms with van der Waals surface area (Å²) in [5.41, 5.74) is 5.72. The number of piperazine rings is 1. The van der Waals surface area contributed by atoms with E-state index < -0.39 is 12.1 Å². The molecule has 7 nitrogen and oxygen atoms in total. The molecule has 0 aromatic heterocycles. The summed E-state index contributed by atoms with van der Waals surface area (Å²) in [7, 11) is 0. The molecule has 2 atom stereocenters. The minimum absolute atomic E-state index is 0.00396. The summed E-state index contributed by atoms with van der Waals surface area (Å²) in [6, 6.07) is -1.12. The molecule has 3 amide bonds. The van der Waals surface area contributed by atoms with Gasteiger partial charge in [0.2, 0.25) is 17.7 Å². The molecule has 7 heteroatoms. The molecular formula is C14H26N4O3. The quantitative estimate of drug-likeness (QED) is 0.610. The Hall–Kier alpha value is -1.63. The average Bonchev–Trinajstić information content (AvgIpc) is 2.42. The van der Waals surface area contributed by atoms with Crippen molar-refractivity contribution in [3.05, 3.63) is 0 Å². The molecule has 0 aromatic carbocycles. The molecule has 0 saturated carbocycles. The Morgan fingerprint density at radius 2 is 2.00 bits per heavy atom. The van der Waals surface area contributed by atoms with Crippen LogP contribution < -0.4 is 16.4 Å². The van der Waals surface area contributed by atoms with Gasteiger partial charge in [-0.1, -0.05) is 27.7 Å². The van der Waals surface area contributed by atoms with Crippen LogP contribution in [0.5, 0.6) is 0 Å². The summed E-state index contributed by atoms with van der Waals surface area (Å²) in [5.74, 6) is -0.726. The van der Waals surface area contributed by atoms with Crippen molar-refractivity contribution in [3.63, 3.8) is 0 Å². The number of carbonyl (C=O) groups is 3. The summed E-state index contributed by atoms with van der Waals surface area (Å²) >= 11 is 0. The summed E-state index contributed by atoms with van der Waals surface area (Å²) in [5, 5.41) is 5.30. The number of hydrogen-bond acceptors (Lipinski definition) is 4. The fourth-order valence-electron chi connectivity index (χ4n) is 2.31. The Labute approximate surface area is 125 Å². The molecule has 120 valence electrons. The monoisotopic (exact) mass is 298 g/mol. The minimum Gasteiger partial charge on any atom is -0.353 e. The van der Waals surface area contributed by atoms with E-state index in [4.69, 9.17) is 5.73 Å². The summed E-state index contributed by atoms with van der Waals surface area (Å²) in [6.45, 7) is 8.24. The molecule has 0 bridgehead atoms. The highest BCUT2D eigenvalue weighted by Gasteiger charge is 2.35. The van der Waals surface area contributed by atoms with E-state index in [-0.39, 0.29) is 36.1 Å². The number of hydrogen-bond donors (Lipinski definition) is 3. The third-order valence-corrected chi connectivity index (χ3v) is 3.64. The SMILES string of the molecule is CC(C)C1C(=O)NCCN1C(=O)CNC(=O)[C@@H](N)C(C)C. The van der Waals surface area contributed by atoms with Gasteiger partial charge in [-0.2, -0.15) is 0 Å². The summed E-state index contributed by atoms with van der Waals surface area (Å²) in [6.07, 6.45) is 0. The van der Waals surface area contributed by atoms with Crippen LogP contribution in [-0.4, -0.2) is 54.3 Å². The van der Waals surface area contributed by atoms with E-state index in [0.717, 1.165) is 0 Å². The van der Waals surface area contributed by atoms with E-state index in [9.17, 15) is 14.4 Å². The van der Waals surface area contributed by atoms with Gasteiger partial charge in [-0.05, 0) is 11.8 Å². The van der Waals surface area contributed by atoms with E-state index in [2.05, 4.69) is 10.6 Å². The van der Waals surface area contributed by atoms with Crippen molar-refractivity contribution in [2.45, 2.75) is 39.8 Å². The lowest BCUT2D eigenvalue weighted by molar-refractivity contribution is -0.145. The van der Waals surface area contributed by atoms with Crippen LogP contribution >= 0.6 is 0 Å². The molecule has 1 rings (SSSR count). The van der Waals surface area contributed by atoms with Crippen LogP contribution in [0.15, 0.2) is 0 Å². The van der Waals surface area contributed by atoms with Gasteiger partial charge in [0.25, 0.3) is 0 Å². The van der Waals surface area contributed by atoms with Gasteiger partial charge in [0.15, 0.2) is 0 Å². The minimum atomic E-state index is -0.636. The molecule has 4 N–H and O–H groups in total. The molecule has 1 unspecified atom stereocenters. The topological polar surface area (TPSA) is 105 Å². The van der Waals surface area contributed by atoms with Gasteiger partial charge in [-0.15, -0.1) is 0 Å². The first kappa shape index (κ1) is 17.4. The number of nitrogens with zero attached hydrogens (tertiary/aromatic N) is 1. The van der Waals surface area contributed by atoms with E-state index in [1.807, 2.05) is 27.7 Å². The van der Waals surface area contributed by atoms with Gasteiger partial charge >= 0.3 is 0 Å². The van der Waals surface area contributed by atoms with Gasteiger partial charge in [0.05, 0.1) is 12.6 Å². The van der Waals surface area contributed by atoms with E-state index in [1.54, 1.807) is 0 Å². The lowest BCUT2D eigenvalue weighted by Crippen LogP contribution is -2.61. The Bertz CT molecular complexity index is 409. The molecular weight excluding hydrogens is 272 g/mol. The number of nitrogens with two attached hydrogens (primary N) is 1. The second-order valence-corrected chi connectivity index (χ2v) is 6.05. The zero-order valence-corrected chi connectivity index (χ0v) is 13.2. The highest BCUT2D eigenvalue weighted by atomic mass is 16.2. The second kappa shape index (κ2) is 7.40. The van der Waals surface area contributed by atoms with Crippen molar-refractivity contribution < 1.29 is 14.4 Å². The molecule has 0 aliphatic carbocycles. The Morgan fingerprint density at radius 1 is 1.38 bits per heavy atom. The third kappa shape index (κ3) is 4.42. The molecule has 1 fully saturated rings. The lowest BCUT2D eigenvalue weighted by Gasteiger charge is -2.37. The summed E-state index contributed by atoms with van der Waals surface area (Å²) in [4.78, 5) is 37.4. The normalized spacial score (nSPS) is 20.4. The van der Waals surface area contributed by atoms with E-state index in [0.29, 0.717) is 13.1 Å². The zero-order chi connectivity index (χ0) is 16.2. The Morgan fingerprint density at radius 3 is 2.52 bits per heavy atom. The van der Waals surface area contributed by atoms with Crippen molar-refractivity contribution in [1.29, 1.82) is 0 Å². The van der Waals surface area contributed by atoms with Crippen molar-refractivity contribution in [1.82, 2.24) is 15.5 Å². The fourth-order valence-corrected chi connectivity index (χ4v) is 2.31. The maximum absolute atomic E-state index is 12.2. The van der Waals surface area contributed by atoms with E-state index in [1.165, 1.54) is 4.90 Å². The maximum Gasteiger partial charge on any atom is 0.243 e. The number of amides is 3. The smallest absolute Gasteiger partial charge is 0.243 e. The largest absolute Gasteiger partial charge is 0.353 e. The fraction of sp³-hybridized carbons (Fsp3) is 0.786. The van der Waals surface area contributed by atoms with Gasteiger partial charge < -0.3 is 21.3 Å². The molecule has 21 heavy (non-hydrogen) atoms. The lowest BCUT2D eigenvalue weighted by atomic mass is 9.99. The van der Waals surface area contributed by atoms with Crippen LogP contribution in [-0.2, 0) is 14.4 Å². The van der Waals surface area contributed by atoms with Gasteiger partial charge in [0.1, 0.15) is 6.04 Å². The zero-order valence-electron chi connectivity index (χ0n) is 13.2. The Balaban J connectivity index is 2.61. The highest BCUT2D eigenvalue weighted by molar-refractivity contribution is 5.92. The van der Waals surface area contributed by atoms with Crippen LogP contribution in [0.2, 0.25) is 0 Å². The summed E-state index contributed by atoms with van der Waals surface area (Å²) < 4.78 is 0. The van der Waals surface area contributed by atoms with E-state index >= 15 is 0 Å². The predicted molar refractivity (Wildman–Crippen MR) is 79.2 cm³/mol. The van der Waals surface area contributed by atoms with Gasteiger partial charge in [-0.25, -0.2) is 0 Å². The molecule has 1 saturated heterocycles. The Kier molecular flexibility index (Phi) is 6.14. The number of rotatable bonds is 5. The number of carbonyl (C=O) groups excluding carboxylic acids is 3. The standard InChI is InChI=1S/C14H26N4O3/c1-8(2)11(15)13(20)17-7-10(19)18-6-5-16-14(21)12(18)9(3)4/h8-9,11-12H,5-7,15H2,1-4H3,(H,16,21)(H,17,20)/t11-,12?/m0/s1. The maximum atomic E-state index is 12.2. The molecule has 1 aliphatic heterocycles. The predicted octanol–water partition coefficient (Wildman–Crippen LogP) is -0.931. The van der Waals surface area contributed by atoms with Crippen LogP contribution in [0.1, 0.15) is 27.7 Å². The first-order valence-electron chi connectivity index (χ1n) is 7.36. The van der Waals surface area contributed by atoms with Crippen molar-refractivity contribution in [2.24, 2.45) is 17.6 Å². The molecule has 1 aliphatic rings. The molecule has 0 aromatic rings. The van der Waals surface area contributed by atoms with Crippen LogP contribution in [0, 0.1) is 11.8 Å². The second-order valence-electron chi connectivity index (χ2n) is 6.05. The van der Waals surface area contributed by atoms with Crippen molar-refractivity contribution >= 4 is 17.7 Å².